The molecule has 1 aliphatic rings. The largest absolute Gasteiger partial charge is 0.444 e. The molecule has 4 heteroatoms. The first-order valence-corrected chi connectivity index (χ1v) is 5.45. The molecular formula is C11H21NO3. The van der Waals surface area contributed by atoms with Crippen LogP contribution in [0.2, 0.25) is 0 Å². The van der Waals surface area contributed by atoms with E-state index in [-0.39, 0.29) is 18.1 Å². The third-order valence-corrected chi connectivity index (χ3v) is 2.51. The summed E-state index contributed by atoms with van der Waals surface area (Å²) in [4.78, 5) is 13.4. The molecule has 1 amide bonds. The molecule has 0 aromatic carbocycles. The van der Waals surface area contributed by atoms with Crippen LogP contribution in [0.5, 0.6) is 0 Å². The van der Waals surface area contributed by atoms with Gasteiger partial charge in [-0.05, 0) is 33.1 Å². The van der Waals surface area contributed by atoms with Crippen LogP contribution in [0, 0.1) is 5.92 Å². The first kappa shape index (κ1) is 12.3. The summed E-state index contributed by atoms with van der Waals surface area (Å²) in [6, 6.07) is 0. The zero-order valence-corrected chi connectivity index (χ0v) is 9.99. The lowest BCUT2D eigenvalue weighted by Gasteiger charge is -2.35. The summed E-state index contributed by atoms with van der Waals surface area (Å²) >= 11 is 0. The van der Waals surface area contributed by atoms with Gasteiger partial charge in [0.05, 0.1) is 6.10 Å². The molecule has 0 aromatic heterocycles. The molecule has 0 aliphatic carbocycles. The highest BCUT2D eigenvalue weighted by atomic mass is 16.6. The van der Waals surface area contributed by atoms with Crippen molar-refractivity contribution >= 4 is 6.09 Å². The number of hydrogen-bond acceptors (Lipinski definition) is 3. The van der Waals surface area contributed by atoms with Gasteiger partial charge in [0.15, 0.2) is 0 Å². The molecule has 1 saturated heterocycles. The topological polar surface area (TPSA) is 49.8 Å². The number of aliphatic hydroxyl groups is 1. The predicted molar refractivity (Wildman–Crippen MR) is 57.6 cm³/mol. The van der Waals surface area contributed by atoms with Gasteiger partial charge in [-0.15, -0.1) is 0 Å². The number of piperidine rings is 1. The maximum Gasteiger partial charge on any atom is 0.410 e. The molecule has 1 rings (SSSR count). The van der Waals surface area contributed by atoms with E-state index in [2.05, 4.69) is 0 Å². The highest BCUT2D eigenvalue weighted by molar-refractivity contribution is 5.68. The van der Waals surface area contributed by atoms with Crippen LogP contribution in [-0.4, -0.2) is 40.9 Å². The minimum absolute atomic E-state index is 0.131. The average Bonchev–Trinajstić information content (AvgIpc) is 2.06. The summed E-state index contributed by atoms with van der Waals surface area (Å²) in [6.07, 6.45) is 0.0744. The number of rotatable bonds is 0. The molecular weight excluding hydrogens is 194 g/mol. The monoisotopic (exact) mass is 215 g/mol. The summed E-state index contributed by atoms with van der Waals surface area (Å²) in [5, 5.41) is 9.53. The van der Waals surface area contributed by atoms with E-state index in [1.54, 1.807) is 4.90 Å². The molecule has 0 unspecified atom stereocenters. The van der Waals surface area contributed by atoms with Crippen molar-refractivity contribution in [3.8, 4) is 0 Å². The fourth-order valence-corrected chi connectivity index (χ4v) is 1.63. The van der Waals surface area contributed by atoms with Gasteiger partial charge in [-0.1, -0.05) is 6.92 Å². The minimum atomic E-state index is -0.448. The fraction of sp³-hybridized carbons (Fsp3) is 0.909. The van der Waals surface area contributed by atoms with Gasteiger partial charge in [0.25, 0.3) is 0 Å². The van der Waals surface area contributed by atoms with Crippen molar-refractivity contribution in [2.45, 2.75) is 45.8 Å². The Morgan fingerprint density at radius 1 is 1.47 bits per heavy atom. The van der Waals surface area contributed by atoms with Gasteiger partial charge < -0.3 is 14.7 Å². The van der Waals surface area contributed by atoms with E-state index in [0.29, 0.717) is 19.5 Å². The second-order valence-corrected chi connectivity index (χ2v) is 5.26. The average molecular weight is 215 g/mol. The van der Waals surface area contributed by atoms with Gasteiger partial charge in [-0.25, -0.2) is 4.79 Å². The van der Waals surface area contributed by atoms with Crippen molar-refractivity contribution in [2.24, 2.45) is 5.92 Å². The smallest absolute Gasteiger partial charge is 0.410 e. The summed E-state index contributed by atoms with van der Waals surface area (Å²) in [6.45, 7) is 8.67. The third-order valence-electron chi connectivity index (χ3n) is 2.51. The van der Waals surface area contributed by atoms with Crippen molar-refractivity contribution in [3.05, 3.63) is 0 Å². The molecule has 1 heterocycles. The summed E-state index contributed by atoms with van der Waals surface area (Å²) in [5.41, 5.74) is -0.448. The van der Waals surface area contributed by atoms with Crippen LogP contribution in [0.15, 0.2) is 0 Å². The van der Waals surface area contributed by atoms with E-state index in [4.69, 9.17) is 4.74 Å². The quantitative estimate of drug-likeness (QED) is 0.668. The Balaban J connectivity index is 2.48. The summed E-state index contributed by atoms with van der Waals surface area (Å²) in [7, 11) is 0. The van der Waals surface area contributed by atoms with Crippen LogP contribution in [0.1, 0.15) is 34.1 Å². The standard InChI is InChI=1S/C11H21NO3/c1-8-7-12(6-5-9(8)13)10(14)15-11(2,3)4/h8-9,13H,5-7H2,1-4H3/t8-,9+/m0/s1. The van der Waals surface area contributed by atoms with Gasteiger partial charge in [-0.3, -0.25) is 0 Å². The molecule has 2 atom stereocenters. The van der Waals surface area contributed by atoms with Crippen molar-refractivity contribution in [3.63, 3.8) is 0 Å². The molecule has 0 aromatic rings. The molecule has 1 N–H and O–H groups in total. The van der Waals surface area contributed by atoms with Crippen molar-refractivity contribution in [1.29, 1.82) is 0 Å². The number of ether oxygens (including phenoxy) is 1. The molecule has 0 radical (unpaired) electrons. The Morgan fingerprint density at radius 3 is 2.53 bits per heavy atom. The molecule has 1 aliphatic heterocycles. The maximum absolute atomic E-state index is 11.7. The molecule has 4 nitrogen and oxygen atoms in total. The number of carbonyl (C=O) groups is 1. The fourth-order valence-electron chi connectivity index (χ4n) is 1.63. The Bertz CT molecular complexity index is 234. The van der Waals surface area contributed by atoms with Crippen LogP contribution in [0.4, 0.5) is 4.79 Å². The van der Waals surface area contributed by atoms with Crippen LogP contribution < -0.4 is 0 Å². The van der Waals surface area contributed by atoms with E-state index < -0.39 is 5.60 Å². The zero-order chi connectivity index (χ0) is 11.6. The predicted octanol–water partition coefficient (Wildman–Crippen LogP) is 1.62. The Labute approximate surface area is 91.2 Å². The van der Waals surface area contributed by atoms with Crippen molar-refractivity contribution in [1.82, 2.24) is 4.90 Å². The van der Waals surface area contributed by atoms with Crippen LogP contribution in [-0.2, 0) is 4.74 Å². The summed E-state index contributed by atoms with van der Waals surface area (Å²) < 4.78 is 5.27. The summed E-state index contributed by atoms with van der Waals surface area (Å²) in [5.74, 6) is 0.131. The number of hydrogen-bond donors (Lipinski definition) is 1. The number of amides is 1. The number of aliphatic hydroxyl groups excluding tert-OH is 1. The van der Waals surface area contributed by atoms with Crippen LogP contribution >= 0.6 is 0 Å². The number of carbonyl (C=O) groups excluding carboxylic acids is 1. The van der Waals surface area contributed by atoms with E-state index in [9.17, 15) is 9.90 Å². The van der Waals surface area contributed by atoms with E-state index in [1.807, 2.05) is 27.7 Å². The molecule has 15 heavy (non-hydrogen) atoms. The molecule has 88 valence electrons. The number of nitrogens with zero attached hydrogens (tertiary/aromatic N) is 1. The zero-order valence-electron chi connectivity index (χ0n) is 9.99. The lowest BCUT2D eigenvalue weighted by Crippen LogP contribution is -2.46. The molecule has 0 spiro atoms. The minimum Gasteiger partial charge on any atom is -0.444 e. The maximum atomic E-state index is 11.7. The van der Waals surface area contributed by atoms with Crippen molar-refractivity contribution < 1.29 is 14.6 Å². The molecule has 1 fully saturated rings. The highest BCUT2D eigenvalue weighted by Crippen LogP contribution is 2.19. The van der Waals surface area contributed by atoms with E-state index >= 15 is 0 Å². The SMILES string of the molecule is C[C@H]1CN(C(=O)OC(C)(C)C)CC[C@H]1O. The number of likely N-dealkylation sites (tertiary alicyclic amines) is 1. The molecule has 0 bridgehead atoms. The Hall–Kier alpha value is -0.770. The first-order chi connectivity index (χ1) is 6.79. The van der Waals surface area contributed by atoms with E-state index in [0.717, 1.165) is 0 Å². The van der Waals surface area contributed by atoms with Gasteiger partial charge in [-0.2, -0.15) is 0 Å². The van der Waals surface area contributed by atoms with Crippen LogP contribution in [0.3, 0.4) is 0 Å². The molecule has 0 saturated carbocycles. The Morgan fingerprint density at radius 2 is 2.07 bits per heavy atom. The van der Waals surface area contributed by atoms with Gasteiger partial charge in [0.2, 0.25) is 0 Å². The third kappa shape index (κ3) is 3.70. The second-order valence-electron chi connectivity index (χ2n) is 5.26. The van der Waals surface area contributed by atoms with Gasteiger partial charge >= 0.3 is 6.09 Å². The van der Waals surface area contributed by atoms with Gasteiger partial charge in [0.1, 0.15) is 5.60 Å². The van der Waals surface area contributed by atoms with Crippen molar-refractivity contribution in [2.75, 3.05) is 13.1 Å². The van der Waals surface area contributed by atoms with Crippen LogP contribution in [0.25, 0.3) is 0 Å². The highest BCUT2D eigenvalue weighted by Gasteiger charge is 2.29. The lowest BCUT2D eigenvalue weighted by molar-refractivity contribution is -0.00488. The van der Waals surface area contributed by atoms with Gasteiger partial charge in [0, 0.05) is 13.1 Å². The Kier molecular flexibility index (Phi) is 3.60. The normalized spacial score (nSPS) is 27.7. The first-order valence-electron chi connectivity index (χ1n) is 5.45. The second kappa shape index (κ2) is 4.39. The van der Waals surface area contributed by atoms with E-state index in [1.165, 1.54) is 0 Å². The lowest BCUT2D eigenvalue weighted by atomic mass is 9.97.